The topological polar surface area (TPSA) is 37.9 Å². The Morgan fingerprint density at radius 2 is 1.95 bits per heavy atom. The number of aromatic nitrogens is 2. The zero-order valence-electron chi connectivity index (χ0n) is 12.1. The summed E-state index contributed by atoms with van der Waals surface area (Å²) in [6.07, 6.45) is 4.06. The minimum Gasteiger partial charge on any atom is -0.446 e. The summed E-state index contributed by atoms with van der Waals surface area (Å²) < 4.78 is 6.15. The third-order valence-corrected chi connectivity index (χ3v) is 5.05. The van der Waals surface area contributed by atoms with Gasteiger partial charge in [-0.2, -0.15) is 5.10 Å². The predicted molar refractivity (Wildman–Crippen MR) is 85.3 cm³/mol. The van der Waals surface area contributed by atoms with E-state index in [1.165, 1.54) is 27.1 Å². The second kappa shape index (κ2) is 4.74. The molecule has 0 radical (unpaired) electrons. The highest BCUT2D eigenvalue weighted by Gasteiger charge is 2.26. The second-order valence-electron chi connectivity index (χ2n) is 5.48. The van der Waals surface area contributed by atoms with Crippen LogP contribution in [0.2, 0.25) is 0 Å². The van der Waals surface area contributed by atoms with Crippen LogP contribution in [0.4, 0.5) is 0 Å². The lowest BCUT2D eigenvalue weighted by molar-refractivity contribution is 0.497. The van der Waals surface area contributed by atoms with Crippen LogP contribution in [0, 0.1) is 13.8 Å². The minimum atomic E-state index is 0.885. The standard InChI is InChI=1S/C17H16N2OS/c1-10-3-6-13(7-4-10)20-17-15-14(11(2)21-17)8-5-12-9-18-19-16(12)15/h3-4,6-7,9H,5,8H2,1-2H3,(H,18,19). The van der Waals surface area contributed by atoms with Crippen LogP contribution in [-0.2, 0) is 12.8 Å². The number of hydrogen-bond acceptors (Lipinski definition) is 3. The van der Waals surface area contributed by atoms with Crippen LogP contribution >= 0.6 is 11.3 Å². The maximum atomic E-state index is 6.15. The average molecular weight is 296 g/mol. The summed E-state index contributed by atoms with van der Waals surface area (Å²) in [6.45, 7) is 4.25. The molecular formula is C17H16N2OS. The molecule has 1 aromatic carbocycles. The molecule has 0 unspecified atom stereocenters. The Hall–Kier alpha value is -2.07. The van der Waals surface area contributed by atoms with Crippen molar-refractivity contribution in [1.82, 2.24) is 10.2 Å². The molecule has 0 saturated heterocycles. The van der Waals surface area contributed by atoms with Gasteiger partial charge in [0.05, 0.1) is 17.5 Å². The first kappa shape index (κ1) is 12.7. The smallest absolute Gasteiger partial charge is 0.190 e. The largest absolute Gasteiger partial charge is 0.446 e. The number of thiophene rings is 1. The molecule has 1 aliphatic rings. The average Bonchev–Trinajstić information content (AvgIpc) is 3.06. The lowest BCUT2D eigenvalue weighted by Crippen LogP contribution is -2.01. The van der Waals surface area contributed by atoms with E-state index in [0.717, 1.165) is 29.3 Å². The summed E-state index contributed by atoms with van der Waals surface area (Å²) in [6, 6.07) is 8.19. The van der Waals surface area contributed by atoms with Crippen molar-refractivity contribution < 1.29 is 4.74 Å². The van der Waals surface area contributed by atoms with E-state index in [2.05, 4.69) is 36.2 Å². The molecule has 0 spiro atoms. The summed E-state index contributed by atoms with van der Waals surface area (Å²) in [7, 11) is 0. The third kappa shape index (κ3) is 2.07. The molecule has 106 valence electrons. The van der Waals surface area contributed by atoms with Gasteiger partial charge in [-0.3, -0.25) is 5.10 Å². The maximum absolute atomic E-state index is 6.15. The molecular weight excluding hydrogens is 280 g/mol. The number of aryl methyl sites for hydroxylation is 3. The fourth-order valence-corrected chi connectivity index (χ4v) is 3.94. The van der Waals surface area contributed by atoms with Gasteiger partial charge in [0, 0.05) is 4.88 Å². The summed E-state index contributed by atoms with van der Waals surface area (Å²) in [5.74, 6) is 0.885. The first-order valence-electron chi connectivity index (χ1n) is 7.12. The van der Waals surface area contributed by atoms with E-state index in [4.69, 9.17) is 4.74 Å². The number of ether oxygens (including phenoxy) is 1. The third-order valence-electron chi connectivity index (χ3n) is 4.02. The van der Waals surface area contributed by atoms with Gasteiger partial charge in [-0.15, -0.1) is 11.3 Å². The first-order chi connectivity index (χ1) is 10.2. The van der Waals surface area contributed by atoms with Crippen LogP contribution in [0.15, 0.2) is 30.5 Å². The number of nitrogens with zero attached hydrogens (tertiary/aromatic N) is 1. The van der Waals surface area contributed by atoms with Gasteiger partial charge in [0.25, 0.3) is 0 Å². The van der Waals surface area contributed by atoms with Gasteiger partial charge in [-0.1, -0.05) is 17.7 Å². The molecule has 1 aliphatic carbocycles. The van der Waals surface area contributed by atoms with Gasteiger partial charge in [-0.25, -0.2) is 0 Å². The van der Waals surface area contributed by atoms with Crippen LogP contribution in [-0.4, -0.2) is 10.2 Å². The highest BCUT2D eigenvalue weighted by atomic mass is 32.1. The lowest BCUT2D eigenvalue weighted by Gasteiger charge is -2.14. The van der Waals surface area contributed by atoms with E-state index in [1.54, 1.807) is 11.3 Å². The number of benzene rings is 1. The predicted octanol–water partition coefficient (Wildman–Crippen LogP) is 4.65. The van der Waals surface area contributed by atoms with Crippen molar-refractivity contribution in [2.45, 2.75) is 26.7 Å². The van der Waals surface area contributed by atoms with Crippen molar-refractivity contribution in [3.63, 3.8) is 0 Å². The lowest BCUT2D eigenvalue weighted by atomic mass is 9.92. The molecule has 2 heterocycles. The number of hydrogen-bond donors (Lipinski definition) is 1. The van der Waals surface area contributed by atoms with Crippen molar-refractivity contribution in [1.29, 1.82) is 0 Å². The van der Waals surface area contributed by atoms with Crippen molar-refractivity contribution in [2.75, 3.05) is 0 Å². The van der Waals surface area contributed by atoms with Gasteiger partial charge in [0.2, 0.25) is 0 Å². The summed E-state index contributed by atoms with van der Waals surface area (Å²) >= 11 is 1.73. The van der Waals surface area contributed by atoms with E-state index in [1.807, 2.05) is 18.3 Å². The molecule has 0 fully saturated rings. The molecule has 2 aromatic heterocycles. The van der Waals surface area contributed by atoms with Gasteiger partial charge >= 0.3 is 0 Å². The van der Waals surface area contributed by atoms with Crippen molar-refractivity contribution in [3.8, 4) is 22.1 Å². The van der Waals surface area contributed by atoms with Crippen LogP contribution < -0.4 is 4.74 Å². The fraction of sp³-hybridized carbons (Fsp3) is 0.235. The summed E-state index contributed by atoms with van der Waals surface area (Å²) in [4.78, 5) is 1.34. The number of fused-ring (bicyclic) bond motifs is 3. The molecule has 0 saturated carbocycles. The van der Waals surface area contributed by atoms with E-state index >= 15 is 0 Å². The van der Waals surface area contributed by atoms with Crippen molar-refractivity contribution in [3.05, 3.63) is 52.0 Å². The van der Waals surface area contributed by atoms with Crippen molar-refractivity contribution >= 4 is 11.3 Å². The van der Waals surface area contributed by atoms with Crippen LogP contribution in [0.1, 0.15) is 21.6 Å². The normalized spacial score (nSPS) is 12.9. The number of nitrogens with one attached hydrogen (secondary N) is 1. The molecule has 21 heavy (non-hydrogen) atoms. The Morgan fingerprint density at radius 1 is 1.14 bits per heavy atom. The van der Waals surface area contributed by atoms with Crippen LogP contribution in [0.3, 0.4) is 0 Å². The molecule has 0 atom stereocenters. The summed E-state index contributed by atoms with van der Waals surface area (Å²) in [5, 5.41) is 8.30. The Bertz CT molecular complexity index is 799. The monoisotopic (exact) mass is 296 g/mol. The highest BCUT2D eigenvalue weighted by Crippen LogP contribution is 2.47. The Morgan fingerprint density at radius 3 is 2.76 bits per heavy atom. The molecule has 1 N–H and O–H groups in total. The molecule has 3 nitrogen and oxygen atoms in total. The molecule has 4 rings (SSSR count). The van der Waals surface area contributed by atoms with Gasteiger partial charge in [0.15, 0.2) is 5.06 Å². The van der Waals surface area contributed by atoms with Crippen molar-refractivity contribution in [2.24, 2.45) is 0 Å². The first-order valence-corrected chi connectivity index (χ1v) is 7.93. The molecule has 3 aromatic rings. The van der Waals surface area contributed by atoms with E-state index in [9.17, 15) is 0 Å². The zero-order valence-corrected chi connectivity index (χ0v) is 12.9. The van der Waals surface area contributed by atoms with E-state index in [0.29, 0.717) is 0 Å². The minimum absolute atomic E-state index is 0.885. The second-order valence-corrected chi connectivity index (χ2v) is 6.67. The molecule has 0 bridgehead atoms. The molecule has 0 amide bonds. The van der Waals surface area contributed by atoms with E-state index < -0.39 is 0 Å². The Labute approximate surface area is 127 Å². The molecule has 0 aliphatic heterocycles. The van der Waals surface area contributed by atoms with E-state index in [-0.39, 0.29) is 0 Å². The maximum Gasteiger partial charge on any atom is 0.190 e. The Balaban J connectivity index is 1.79. The highest BCUT2D eigenvalue weighted by molar-refractivity contribution is 7.14. The number of aromatic amines is 1. The SMILES string of the molecule is Cc1ccc(Oc2sc(C)c3c2-c2[nH]ncc2CC3)cc1. The molecule has 4 heteroatoms. The van der Waals surface area contributed by atoms with Gasteiger partial charge in [-0.05, 0) is 49.9 Å². The van der Waals surface area contributed by atoms with Crippen LogP contribution in [0.25, 0.3) is 11.3 Å². The van der Waals surface area contributed by atoms with Gasteiger partial charge < -0.3 is 4.74 Å². The fourth-order valence-electron chi connectivity index (χ4n) is 2.87. The number of H-pyrrole nitrogens is 1. The number of rotatable bonds is 2. The van der Waals surface area contributed by atoms with Gasteiger partial charge in [0.1, 0.15) is 5.75 Å². The quantitative estimate of drug-likeness (QED) is 0.747. The Kier molecular flexibility index (Phi) is 2.86. The zero-order chi connectivity index (χ0) is 14.4. The summed E-state index contributed by atoms with van der Waals surface area (Å²) in [5.41, 5.74) is 6.26. The van der Waals surface area contributed by atoms with Crippen LogP contribution in [0.5, 0.6) is 10.8 Å².